The molecule has 200 valence electrons. The van der Waals surface area contributed by atoms with Gasteiger partial charge in [-0.2, -0.15) is 0 Å². The Bertz CT molecular complexity index is 1250. The number of halogens is 2. The van der Waals surface area contributed by atoms with Crippen molar-refractivity contribution in [3.8, 4) is 0 Å². The Kier molecular flexibility index (Phi) is 9.61. The standard InChI is InChI=1S/C26H30Cl2N2O6S/c1-4-22(26(33)36-5-2)30-24(16-9-11-19(27)12-10-16)21(17-7-6-8-20(28)13-17)14-18(25(30)32)15-23(31)29-37(3,34)35/h6-13,18,21-22,24H,4-5,14-15H2,1-3H3,(H,29,31)/t18-,21-,22+,24?/m1/s1. The molecule has 1 aliphatic heterocycles. The number of hydrogen-bond donors (Lipinski definition) is 1. The number of nitrogens with one attached hydrogen (secondary N) is 1. The van der Waals surface area contributed by atoms with Gasteiger partial charge in [0.25, 0.3) is 0 Å². The molecule has 0 aliphatic carbocycles. The first-order valence-electron chi connectivity index (χ1n) is 12.0. The maximum atomic E-state index is 14.0. The number of rotatable bonds is 9. The topological polar surface area (TPSA) is 110 Å². The second kappa shape index (κ2) is 12.3. The quantitative estimate of drug-likeness (QED) is 0.447. The van der Waals surface area contributed by atoms with E-state index < -0.39 is 45.8 Å². The van der Waals surface area contributed by atoms with E-state index in [-0.39, 0.29) is 31.8 Å². The molecule has 1 unspecified atom stereocenters. The normalized spacial score (nSPS) is 20.8. The fraction of sp³-hybridized carbons (Fsp3) is 0.423. The average molecular weight is 570 g/mol. The molecular weight excluding hydrogens is 539 g/mol. The predicted octanol–water partition coefficient (Wildman–Crippen LogP) is 4.47. The van der Waals surface area contributed by atoms with Gasteiger partial charge >= 0.3 is 5.97 Å². The van der Waals surface area contributed by atoms with Crippen molar-refractivity contribution in [3.63, 3.8) is 0 Å². The summed E-state index contributed by atoms with van der Waals surface area (Å²) in [6.45, 7) is 3.61. The second-order valence-electron chi connectivity index (χ2n) is 9.01. The summed E-state index contributed by atoms with van der Waals surface area (Å²) in [4.78, 5) is 41.1. The molecule has 4 atom stereocenters. The van der Waals surface area contributed by atoms with Gasteiger partial charge in [-0.25, -0.2) is 13.2 Å². The lowest BCUT2D eigenvalue weighted by atomic mass is 9.74. The number of nitrogens with zero attached hydrogens (tertiary/aromatic N) is 1. The third kappa shape index (κ3) is 7.24. The van der Waals surface area contributed by atoms with Gasteiger partial charge < -0.3 is 9.64 Å². The number of likely N-dealkylation sites (tertiary alicyclic amines) is 1. The number of esters is 1. The molecule has 3 rings (SSSR count). The summed E-state index contributed by atoms with van der Waals surface area (Å²) in [5.41, 5.74) is 1.57. The van der Waals surface area contributed by atoms with E-state index in [1.165, 1.54) is 4.90 Å². The summed E-state index contributed by atoms with van der Waals surface area (Å²) in [6, 6.07) is 12.7. The van der Waals surface area contributed by atoms with E-state index in [9.17, 15) is 22.8 Å². The van der Waals surface area contributed by atoms with Crippen molar-refractivity contribution in [1.82, 2.24) is 9.62 Å². The predicted molar refractivity (Wildman–Crippen MR) is 142 cm³/mol. The summed E-state index contributed by atoms with van der Waals surface area (Å²) < 4.78 is 30.5. The molecule has 2 aromatic carbocycles. The molecule has 0 radical (unpaired) electrons. The van der Waals surface area contributed by atoms with Gasteiger partial charge in [-0.1, -0.05) is 54.4 Å². The highest BCUT2D eigenvalue weighted by molar-refractivity contribution is 7.89. The van der Waals surface area contributed by atoms with Crippen LogP contribution in [0, 0.1) is 5.92 Å². The van der Waals surface area contributed by atoms with Gasteiger partial charge in [0.15, 0.2) is 0 Å². The third-order valence-corrected chi connectivity index (χ3v) is 7.41. The van der Waals surface area contributed by atoms with Crippen molar-refractivity contribution in [1.29, 1.82) is 0 Å². The van der Waals surface area contributed by atoms with Crippen LogP contribution in [0.2, 0.25) is 10.0 Å². The molecule has 0 spiro atoms. The summed E-state index contributed by atoms with van der Waals surface area (Å²) in [7, 11) is -3.80. The Morgan fingerprint density at radius 2 is 1.76 bits per heavy atom. The fourth-order valence-electron chi connectivity index (χ4n) is 4.89. The van der Waals surface area contributed by atoms with E-state index in [1.807, 2.05) is 10.8 Å². The zero-order valence-corrected chi connectivity index (χ0v) is 23.1. The highest BCUT2D eigenvalue weighted by Gasteiger charge is 2.48. The molecule has 1 aliphatic rings. The van der Waals surface area contributed by atoms with Crippen LogP contribution in [0.5, 0.6) is 0 Å². The van der Waals surface area contributed by atoms with Crippen LogP contribution in [-0.4, -0.2) is 50.0 Å². The monoisotopic (exact) mass is 568 g/mol. The maximum Gasteiger partial charge on any atom is 0.328 e. The molecule has 8 nitrogen and oxygen atoms in total. The lowest BCUT2D eigenvalue weighted by molar-refractivity contribution is -0.163. The summed E-state index contributed by atoms with van der Waals surface area (Å²) in [5, 5.41) is 1.02. The Hall–Kier alpha value is -2.62. The highest BCUT2D eigenvalue weighted by atomic mass is 35.5. The number of sulfonamides is 1. The van der Waals surface area contributed by atoms with Crippen LogP contribution >= 0.6 is 23.2 Å². The number of piperidine rings is 1. The van der Waals surface area contributed by atoms with Gasteiger partial charge in [-0.15, -0.1) is 0 Å². The number of amides is 2. The molecule has 0 bridgehead atoms. The van der Waals surface area contributed by atoms with Gasteiger partial charge in [0, 0.05) is 28.3 Å². The van der Waals surface area contributed by atoms with E-state index >= 15 is 0 Å². The molecule has 1 fully saturated rings. The van der Waals surface area contributed by atoms with E-state index in [0.29, 0.717) is 10.0 Å². The Balaban J connectivity index is 2.17. The smallest absolute Gasteiger partial charge is 0.328 e. The molecule has 1 saturated heterocycles. The number of carbonyl (C=O) groups excluding carboxylic acids is 3. The van der Waals surface area contributed by atoms with Gasteiger partial charge in [0.1, 0.15) is 6.04 Å². The molecule has 11 heteroatoms. The Labute approximate surface area is 227 Å². The molecule has 1 N–H and O–H groups in total. The number of ether oxygens (including phenoxy) is 1. The number of carbonyl (C=O) groups is 3. The largest absolute Gasteiger partial charge is 0.464 e. The van der Waals surface area contributed by atoms with Gasteiger partial charge in [0.2, 0.25) is 21.8 Å². The molecule has 1 heterocycles. The Morgan fingerprint density at radius 1 is 1.08 bits per heavy atom. The molecule has 2 amide bonds. The minimum Gasteiger partial charge on any atom is -0.464 e. The van der Waals surface area contributed by atoms with Crippen molar-refractivity contribution in [2.24, 2.45) is 5.92 Å². The summed E-state index contributed by atoms with van der Waals surface area (Å²) >= 11 is 12.5. The summed E-state index contributed by atoms with van der Waals surface area (Å²) in [6.07, 6.45) is 1.03. The highest BCUT2D eigenvalue weighted by Crippen LogP contribution is 2.47. The van der Waals surface area contributed by atoms with E-state index in [2.05, 4.69) is 0 Å². The van der Waals surface area contributed by atoms with Crippen LogP contribution < -0.4 is 4.72 Å². The van der Waals surface area contributed by atoms with Crippen molar-refractivity contribution in [2.45, 2.75) is 51.1 Å². The minimum atomic E-state index is -3.80. The van der Waals surface area contributed by atoms with Crippen LogP contribution in [0.15, 0.2) is 48.5 Å². The zero-order chi connectivity index (χ0) is 27.3. The van der Waals surface area contributed by atoms with Gasteiger partial charge in [-0.3, -0.25) is 14.3 Å². The molecular formula is C26H30Cl2N2O6S. The maximum absolute atomic E-state index is 14.0. The first-order chi connectivity index (χ1) is 17.4. The second-order valence-corrected chi connectivity index (χ2v) is 11.6. The van der Waals surface area contributed by atoms with Crippen molar-refractivity contribution >= 4 is 51.0 Å². The molecule has 0 saturated carbocycles. The van der Waals surface area contributed by atoms with Gasteiger partial charge in [-0.05, 0) is 55.2 Å². The van der Waals surface area contributed by atoms with Crippen LogP contribution in [0.3, 0.4) is 0 Å². The first kappa shape index (κ1) is 28.9. The SMILES string of the molecule is CCOC(=O)[C@H](CC)N1C(=O)[C@@H](CC(=O)NS(C)(=O)=O)C[C@H](c2cccc(Cl)c2)C1c1ccc(Cl)cc1. The Morgan fingerprint density at radius 3 is 2.32 bits per heavy atom. The van der Waals surface area contributed by atoms with Crippen LogP contribution in [0.1, 0.15) is 56.2 Å². The molecule has 2 aromatic rings. The first-order valence-corrected chi connectivity index (χ1v) is 14.6. The summed E-state index contributed by atoms with van der Waals surface area (Å²) in [5.74, 6) is -3.01. The van der Waals surface area contributed by atoms with Crippen LogP contribution in [-0.2, 0) is 29.1 Å². The van der Waals surface area contributed by atoms with Crippen LogP contribution in [0.25, 0.3) is 0 Å². The number of benzene rings is 2. The third-order valence-electron chi connectivity index (χ3n) is 6.32. The van der Waals surface area contributed by atoms with E-state index in [0.717, 1.165) is 17.4 Å². The van der Waals surface area contributed by atoms with Crippen LogP contribution in [0.4, 0.5) is 0 Å². The lowest BCUT2D eigenvalue weighted by Crippen LogP contribution is -2.55. The van der Waals surface area contributed by atoms with Crippen molar-refractivity contribution < 1.29 is 27.5 Å². The van der Waals surface area contributed by atoms with Crippen molar-refractivity contribution in [3.05, 3.63) is 69.7 Å². The van der Waals surface area contributed by atoms with E-state index in [1.54, 1.807) is 56.3 Å². The zero-order valence-electron chi connectivity index (χ0n) is 20.8. The van der Waals surface area contributed by atoms with E-state index in [4.69, 9.17) is 27.9 Å². The minimum absolute atomic E-state index is 0.140. The average Bonchev–Trinajstić information content (AvgIpc) is 2.81. The molecule has 0 aromatic heterocycles. The number of hydrogen-bond acceptors (Lipinski definition) is 6. The molecule has 37 heavy (non-hydrogen) atoms. The van der Waals surface area contributed by atoms with Gasteiger partial charge in [0.05, 0.1) is 18.9 Å². The fourth-order valence-corrected chi connectivity index (χ4v) is 5.71. The van der Waals surface area contributed by atoms with Crippen molar-refractivity contribution in [2.75, 3.05) is 12.9 Å². The lowest BCUT2D eigenvalue weighted by Gasteiger charge is -2.47.